The minimum atomic E-state index is -0.213. The zero-order valence-corrected chi connectivity index (χ0v) is 12.2. The predicted molar refractivity (Wildman–Crippen MR) is 78.1 cm³/mol. The molecule has 1 amide bonds. The first-order valence-electron chi connectivity index (χ1n) is 7.29. The maximum Gasteiger partial charge on any atom is 0.251 e. The molecule has 0 fully saturated rings. The number of ether oxygens (including phenoxy) is 1. The number of amides is 1. The van der Waals surface area contributed by atoms with Crippen molar-refractivity contribution >= 4 is 5.91 Å². The van der Waals surface area contributed by atoms with Crippen LogP contribution in [0.4, 0.5) is 0 Å². The van der Waals surface area contributed by atoms with Crippen LogP contribution >= 0.6 is 0 Å². The van der Waals surface area contributed by atoms with Crippen molar-refractivity contribution < 1.29 is 14.6 Å². The first-order valence-corrected chi connectivity index (χ1v) is 7.29. The van der Waals surface area contributed by atoms with Gasteiger partial charge in [0.05, 0.1) is 13.2 Å². The van der Waals surface area contributed by atoms with Crippen LogP contribution in [0.2, 0.25) is 0 Å². The topological polar surface area (TPSA) is 58.6 Å². The van der Waals surface area contributed by atoms with Crippen molar-refractivity contribution in [1.29, 1.82) is 0 Å². The Hall–Kier alpha value is -1.55. The average Bonchev–Trinajstić information content (AvgIpc) is 2.96. The quantitative estimate of drug-likeness (QED) is 0.837. The molecule has 0 bridgehead atoms. The zero-order valence-electron chi connectivity index (χ0n) is 12.2. The van der Waals surface area contributed by atoms with E-state index in [1.54, 1.807) is 6.07 Å². The van der Waals surface area contributed by atoms with Crippen molar-refractivity contribution in [2.75, 3.05) is 19.8 Å². The third-order valence-corrected chi connectivity index (χ3v) is 4.41. The third-order valence-electron chi connectivity index (χ3n) is 4.41. The number of benzene rings is 1. The van der Waals surface area contributed by atoms with Crippen LogP contribution in [-0.2, 0) is 6.42 Å². The maximum atomic E-state index is 12.2. The number of fused-ring (bicyclic) bond motifs is 1. The van der Waals surface area contributed by atoms with Crippen molar-refractivity contribution in [3.05, 3.63) is 29.3 Å². The number of rotatable bonds is 6. The Morgan fingerprint density at radius 2 is 2.15 bits per heavy atom. The average molecular weight is 277 g/mol. The van der Waals surface area contributed by atoms with Gasteiger partial charge in [0.1, 0.15) is 5.75 Å². The standard InChI is InChI=1S/C16H23NO3/c1-3-16(4-2,11-18)10-17-15(19)13-5-6-14-12(9-13)7-8-20-14/h5-6,9,18H,3-4,7-8,10-11H2,1-2H3,(H,17,19). The summed E-state index contributed by atoms with van der Waals surface area (Å²) in [7, 11) is 0. The van der Waals surface area contributed by atoms with E-state index in [9.17, 15) is 9.90 Å². The lowest BCUT2D eigenvalue weighted by atomic mass is 9.83. The molecule has 110 valence electrons. The first kappa shape index (κ1) is 14.9. The largest absolute Gasteiger partial charge is 0.493 e. The van der Waals surface area contributed by atoms with Crippen molar-refractivity contribution in [2.45, 2.75) is 33.1 Å². The van der Waals surface area contributed by atoms with Crippen LogP contribution in [0, 0.1) is 5.41 Å². The van der Waals surface area contributed by atoms with E-state index in [4.69, 9.17) is 4.74 Å². The minimum Gasteiger partial charge on any atom is -0.493 e. The molecule has 20 heavy (non-hydrogen) atoms. The van der Waals surface area contributed by atoms with Gasteiger partial charge in [0, 0.05) is 23.9 Å². The maximum absolute atomic E-state index is 12.2. The van der Waals surface area contributed by atoms with E-state index in [1.165, 1.54) is 0 Å². The van der Waals surface area contributed by atoms with E-state index in [0.29, 0.717) is 18.7 Å². The smallest absolute Gasteiger partial charge is 0.251 e. The predicted octanol–water partition coefficient (Wildman–Crippen LogP) is 2.15. The monoisotopic (exact) mass is 277 g/mol. The normalized spacial score (nSPS) is 13.8. The summed E-state index contributed by atoms with van der Waals surface area (Å²) in [6, 6.07) is 5.55. The van der Waals surface area contributed by atoms with Crippen molar-refractivity contribution in [3.63, 3.8) is 0 Å². The number of carbonyl (C=O) groups excluding carboxylic acids is 1. The molecular formula is C16H23NO3. The van der Waals surface area contributed by atoms with Gasteiger partial charge in [0.15, 0.2) is 0 Å². The highest BCUT2D eigenvalue weighted by molar-refractivity contribution is 5.94. The summed E-state index contributed by atoms with van der Waals surface area (Å²) in [6.45, 7) is 5.37. The lowest BCUT2D eigenvalue weighted by Crippen LogP contribution is -2.39. The van der Waals surface area contributed by atoms with Gasteiger partial charge in [-0.3, -0.25) is 4.79 Å². The Kier molecular flexibility index (Phi) is 4.65. The van der Waals surface area contributed by atoms with Gasteiger partial charge in [0.2, 0.25) is 0 Å². The van der Waals surface area contributed by atoms with Gasteiger partial charge in [0.25, 0.3) is 5.91 Å². The van der Waals surface area contributed by atoms with Gasteiger partial charge in [-0.05, 0) is 36.6 Å². The minimum absolute atomic E-state index is 0.0839. The van der Waals surface area contributed by atoms with Crippen LogP contribution in [0.5, 0.6) is 5.75 Å². The molecular weight excluding hydrogens is 254 g/mol. The van der Waals surface area contributed by atoms with Crippen molar-refractivity contribution in [3.8, 4) is 5.75 Å². The number of nitrogens with one attached hydrogen (secondary N) is 1. The molecule has 0 aromatic heterocycles. The molecule has 0 saturated heterocycles. The molecule has 1 aromatic carbocycles. The molecule has 1 aliphatic heterocycles. The lowest BCUT2D eigenvalue weighted by molar-refractivity contribution is 0.0851. The van der Waals surface area contributed by atoms with Crippen molar-refractivity contribution in [1.82, 2.24) is 5.32 Å². The van der Waals surface area contributed by atoms with E-state index < -0.39 is 0 Å². The fraction of sp³-hybridized carbons (Fsp3) is 0.562. The molecule has 0 spiro atoms. The van der Waals surface area contributed by atoms with E-state index >= 15 is 0 Å². The van der Waals surface area contributed by atoms with Crippen molar-refractivity contribution in [2.24, 2.45) is 5.41 Å². The second kappa shape index (κ2) is 6.27. The summed E-state index contributed by atoms with van der Waals surface area (Å²) in [6.07, 6.45) is 2.55. The van der Waals surface area contributed by atoms with Gasteiger partial charge >= 0.3 is 0 Å². The van der Waals surface area contributed by atoms with Gasteiger partial charge < -0.3 is 15.2 Å². The van der Waals surface area contributed by atoms with E-state index in [-0.39, 0.29) is 17.9 Å². The van der Waals surface area contributed by atoms with Gasteiger partial charge in [-0.1, -0.05) is 13.8 Å². The summed E-state index contributed by atoms with van der Waals surface area (Å²) in [4.78, 5) is 12.2. The number of hydrogen-bond acceptors (Lipinski definition) is 3. The summed E-state index contributed by atoms with van der Waals surface area (Å²) < 4.78 is 5.43. The fourth-order valence-corrected chi connectivity index (χ4v) is 2.48. The second-order valence-corrected chi connectivity index (χ2v) is 5.47. The summed E-state index contributed by atoms with van der Waals surface area (Å²) in [5.41, 5.74) is 1.54. The van der Waals surface area contributed by atoms with Crippen LogP contribution in [0.25, 0.3) is 0 Å². The molecule has 0 radical (unpaired) electrons. The summed E-state index contributed by atoms with van der Waals surface area (Å²) in [5.74, 6) is 0.799. The molecule has 4 nitrogen and oxygen atoms in total. The Balaban J connectivity index is 2.02. The molecule has 0 aliphatic carbocycles. The summed E-state index contributed by atoms with van der Waals surface area (Å²) in [5, 5.41) is 12.5. The first-order chi connectivity index (χ1) is 9.64. The molecule has 1 aromatic rings. The Bertz CT molecular complexity index is 472. The van der Waals surface area contributed by atoms with Crippen LogP contribution in [0.1, 0.15) is 42.6 Å². The van der Waals surface area contributed by atoms with Gasteiger partial charge in [-0.25, -0.2) is 0 Å². The van der Waals surface area contributed by atoms with Crippen LogP contribution in [-0.4, -0.2) is 30.8 Å². The molecule has 0 saturated carbocycles. The molecule has 0 unspecified atom stereocenters. The Morgan fingerprint density at radius 3 is 2.80 bits per heavy atom. The number of hydrogen-bond donors (Lipinski definition) is 2. The third kappa shape index (κ3) is 2.96. The second-order valence-electron chi connectivity index (χ2n) is 5.47. The zero-order chi connectivity index (χ0) is 14.6. The van der Waals surface area contributed by atoms with Crippen LogP contribution in [0.3, 0.4) is 0 Å². The van der Waals surface area contributed by atoms with E-state index in [2.05, 4.69) is 5.32 Å². The molecule has 1 aliphatic rings. The molecule has 1 heterocycles. The molecule has 0 atom stereocenters. The van der Waals surface area contributed by atoms with Crippen LogP contribution < -0.4 is 10.1 Å². The highest BCUT2D eigenvalue weighted by Gasteiger charge is 2.26. The molecule has 2 rings (SSSR count). The fourth-order valence-electron chi connectivity index (χ4n) is 2.48. The lowest BCUT2D eigenvalue weighted by Gasteiger charge is -2.29. The SMILES string of the molecule is CCC(CC)(CO)CNC(=O)c1ccc2c(c1)CCO2. The Morgan fingerprint density at radius 1 is 1.40 bits per heavy atom. The van der Waals surface area contributed by atoms with Gasteiger partial charge in [-0.15, -0.1) is 0 Å². The number of carbonyl (C=O) groups is 1. The molecule has 4 heteroatoms. The van der Waals surface area contributed by atoms with Crippen LogP contribution in [0.15, 0.2) is 18.2 Å². The highest BCUT2D eigenvalue weighted by Crippen LogP contribution is 2.27. The van der Waals surface area contributed by atoms with E-state index in [0.717, 1.165) is 30.6 Å². The van der Waals surface area contributed by atoms with Gasteiger partial charge in [-0.2, -0.15) is 0 Å². The van der Waals surface area contributed by atoms with E-state index in [1.807, 2.05) is 26.0 Å². The number of aliphatic hydroxyl groups excluding tert-OH is 1. The highest BCUT2D eigenvalue weighted by atomic mass is 16.5. The molecule has 2 N–H and O–H groups in total. The number of aliphatic hydroxyl groups is 1. The summed E-state index contributed by atoms with van der Waals surface area (Å²) >= 11 is 0. The Labute approximate surface area is 120 Å².